The zero-order valence-electron chi connectivity index (χ0n) is 12.0. The van der Waals surface area contributed by atoms with E-state index in [2.05, 4.69) is 43.0 Å². The van der Waals surface area contributed by atoms with E-state index < -0.39 is 0 Å². The van der Waals surface area contributed by atoms with Gasteiger partial charge in [0.25, 0.3) is 0 Å². The Labute approximate surface area is 108 Å². The van der Waals surface area contributed by atoms with Crippen LogP contribution in [0.15, 0.2) is 12.4 Å². The summed E-state index contributed by atoms with van der Waals surface area (Å²) in [6.07, 6.45) is 14.5. The van der Waals surface area contributed by atoms with Gasteiger partial charge in [0.15, 0.2) is 0 Å². The standard InChI is InChI=1S/C15H30N2/c1-4-7-9-11-16-13-14-17(15(16)6-3)12-10-8-5-2/h13-15H,4-12H2,1-3H3. The van der Waals surface area contributed by atoms with Gasteiger partial charge in [0, 0.05) is 25.5 Å². The average Bonchev–Trinajstić information content (AvgIpc) is 2.72. The third-order valence-electron chi connectivity index (χ3n) is 3.62. The van der Waals surface area contributed by atoms with Crippen LogP contribution in [0.5, 0.6) is 0 Å². The van der Waals surface area contributed by atoms with Crippen LogP contribution in [0.4, 0.5) is 0 Å². The fourth-order valence-corrected chi connectivity index (χ4v) is 2.57. The molecule has 1 aliphatic heterocycles. The lowest BCUT2D eigenvalue weighted by atomic mass is 10.2. The van der Waals surface area contributed by atoms with Crippen molar-refractivity contribution >= 4 is 0 Å². The molecule has 17 heavy (non-hydrogen) atoms. The van der Waals surface area contributed by atoms with Crippen molar-refractivity contribution in [3.05, 3.63) is 12.4 Å². The summed E-state index contributed by atoms with van der Waals surface area (Å²) < 4.78 is 0. The van der Waals surface area contributed by atoms with Gasteiger partial charge >= 0.3 is 0 Å². The van der Waals surface area contributed by atoms with Gasteiger partial charge in [0.2, 0.25) is 0 Å². The zero-order valence-corrected chi connectivity index (χ0v) is 12.0. The molecule has 0 aromatic rings. The van der Waals surface area contributed by atoms with E-state index in [1.165, 1.54) is 58.0 Å². The minimum absolute atomic E-state index is 0.628. The first-order chi connectivity index (χ1) is 8.33. The number of hydrogen-bond donors (Lipinski definition) is 0. The van der Waals surface area contributed by atoms with Crippen LogP contribution in [-0.2, 0) is 0 Å². The predicted molar refractivity (Wildman–Crippen MR) is 75.7 cm³/mol. The maximum Gasteiger partial charge on any atom is 0.100 e. The van der Waals surface area contributed by atoms with Gasteiger partial charge in [-0.05, 0) is 19.3 Å². The SMILES string of the molecule is CCCCCN1C=CN(CCCCC)C1CC. The van der Waals surface area contributed by atoms with E-state index in [0.717, 1.165) is 0 Å². The number of unbranched alkanes of at least 4 members (excludes halogenated alkanes) is 4. The molecule has 0 unspecified atom stereocenters. The molecule has 0 atom stereocenters. The molecule has 0 spiro atoms. The fraction of sp³-hybridized carbons (Fsp3) is 0.867. The molecular weight excluding hydrogens is 208 g/mol. The Kier molecular flexibility index (Phi) is 7.14. The van der Waals surface area contributed by atoms with Gasteiger partial charge < -0.3 is 9.80 Å². The van der Waals surface area contributed by atoms with E-state index in [0.29, 0.717) is 6.17 Å². The van der Waals surface area contributed by atoms with Crippen molar-refractivity contribution in [2.24, 2.45) is 0 Å². The van der Waals surface area contributed by atoms with Crippen molar-refractivity contribution < 1.29 is 0 Å². The Bertz CT molecular complexity index is 193. The molecule has 0 fully saturated rings. The Balaban J connectivity index is 2.30. The average molecular weight is 238 g/mol. The van der Waals surface area contributed by atoms with Crippen LogP contribution in [0, 0.1) is 0 Å². The van der Waals surface area contributed by atoms with Crippen LogP contribution >= 0.6 is 0 Å². The summed E-state index contributed by atoms with van der Waals surface area (Å²) in [6.45, 7) is 9.31. The molecule has 2 heteroatoms. The second-order valence-electron chi connectivity index (χ2n) is 5.08. The van der Waals surface area contributed by atoms with Gasteiger partial charge in [-0.2, -0.15) is 0 Å². The number of nitrogens with zero attached hydrogens (tertiary/aromatic N) is 2. The molecular formula is C15H30N2. The number of hydrogen-bond acceptors (Lipinski definition) is 2. The van der Waals surface area contributed by atoms with Gasteiger partial charge in [-0.15, -0.1) is 0 Å². The van der Waals surface area contributed by atoms with Gasteiger partial charge in [-0.25, -0.2) is 0 Å². The first kappa shape index (κ1) is 14.4. The van der Waals surface area contributed by atoms with E-state index >= 15 is 0 Å². The topological polar surface area (TPSA) is 6.48 Å². The third-order valence-corrected chi connectivity index (χ3v) is 3.62. The summed E-state index contributed by atoms with van der Waals surface area (Å²) in [5, 5.41) is 0. The smallest absolute Gasteiger partial charge is 0.100 e. The van der Waals surface area contributed by atoms with Crippen molar-refractivity contribution in [2.45, 2.75) is 71.9 Å². The van der Waals surface area contributed by atoms with E-state index in [4.69, 9.17) is 0 Å². The predicted octanol–water partition coefficient (Wildman–Crippen LogP) is 4.19. The minimum atomic E-state index is 0.628. The van der Waals surface area contributed by atoms with E-state index in [-0.39, 0.29) is 0 Å². The summed E-state index contributed by atoms with van der Waals surface area (Å²) in [7, 11) is 0. The highest BCUT2D eigenvalue weighted by Crippen LogP contribution is 2.20. The molecule has 1 rings (SSSR count). The maximum absolute atomic E-state index is 2.53. The number of rotatable bonds is 9. The first-order valence-corrected chi connectivity index (χ1v) is 7.53. The van der Waals surface area contributed by atoms with E-state index in [1.54, 1.807) is 0 Å². The van der Waals surface area contributed by atoms with E-state index in [9.17, 15) is 0 Å². The molecule has 0 radical (unpaired) electrons. The molecule has 0 saturated carbocycles. The van der Waals surface area contributed by atoms with Crippen LogP contribution in [0.3, 0.4) is 0 Å². The monoisotopic (exact) mass is 238 g/mol. The summed E-state index contributed by atoms with van der Waals surface area (Å²) in [5.41, 5.74) is 0. The molecule has 100 valence electrons. The molecule has 1 heterocycles. The van der Waals surface area contributed by atoms with Crippen LogP contribution in [0.1, 0.15) is 65.7 Å². The van der Waals surface area contributed by atoms with E-state index in [1.807, 2.05) is 0 Å². The Hall–Kier alpha value is -0.660. The normalized spacial score (nSPS) is 16.2. The second kappa shape index (κ2) is 8.43. The van der Waals surface area contributed by atoms with Crippen molar-refractivity contribution in [3.8, 4) is 0 Å². The lowest BCUT2D eigenvalue weighted by Crippen LogP contribution is -2.38. The van der Waals surface area contributed by atoms with Gasteiger partial charge in [0.05, 0.1) is 0 Å². The summed E-state index contributed by atoms with van der Waals surface area (Å²) in [6, 6.07) is 0. The summed E-state index contributed by atoms with van der Waals surface area (Å²) in [4.78, 5) is 5.06. The maximum atomic E-state index is 2.53. The molecule has 0 N–H and O–H groups in total. The Morgan fingerprint density at radius 1 is 0.765 bits per heavy atom. The molecule has 2 nitrogen and oxygen atoms in total. The van der Waals surface area contributed by atoms with Gasteiger partial charge in [-0.1, -0.05) is 46.5 Å². The van der Waals surface area contributed by atoms with Crippen LogP contribution in [0.2, 0.25) is 0 Å². The molecule has 1 aliphatic rings. The molecule has 0 amide bonds. The highest BCUT2D eigenvalue weighted by molar-refractivity contribution is 4.96. The van der Waals surface area contributed by atoms with Crippen molar-refractivity contribution in [1.29, 1.82) is 0 Å². The molecule has 0 bridgehead atoms. The lowest BCUT2D eigenvalue weighted by molar-refractivity contribution is 0.144. The summed E-state index contributed by atoms with van der Waals surface area (Å²) in [5.74, 6) is 0. The molecule has 0 aromatic heterocycles. The van der Waals surface area contributed by atoms with Crippen LogP contribution < -0.4 is 0 Å². The Morgan fingerprint density at radius 2 is 1.24 bits per heavy atom. The minimum Gasteiger partial charge on any atom is -0.356 e. The van der Waals surface area contributed by atoms with Crippen molar-refractivity contribution in [3.63, 3.8) is 0 Å². The first-order valence-electron chi connectivity index (χ1n) is 7.53. The molecule has 0 aromatic carbocycles. The second-order valence-corrected chi connectivity index (χ2v) is 5.08. The molecule has 0 saturated heterocycles. The highest BCUT2D eigenvalue weighted by atomic mass is 15.4. The van der Waals surface area contributed by atoms with Crippen LogP contribution in [-0.4, -0.2) is 29.1 Å². The van der Waals surface area contributed by atoms with Crippen LogP contribution in [0.25, 0.3) is 0 Å². The van der Waals surface area contributed by atoms with Gasteiger partial charge in [0.1, 0.15) is 6.17 Å². The molecule has 0 aliphatic carbocycles. The lowest BCUT2D eigenvalue weighted by Gasteiger charge is -2.32. The van der Waals surface area contributed by atoms with Crippen molar-refractivity contribution in [2.75, 3.05) is 13.1 Å². The largest absolute Gasteiger partial charge is 0.356 e. The van der Waals surface area contributed by atoms with Gasteiger partial charge in [-0.3, -0.25) is 0 Å². The van der Waals surface area contributed by atoms with Crippen molar-refractivity contribution in [1.82, 2.24) is 9.80 Å². The summed E-state index contributed by atoms with van der Waals surface area (Å²) >= 11 is 0. The fourth-order valence-electron chi connectivity index (χ4n) is 2.57. The highest BCUT2D eigenvalue weighted by Gasteiger charge is 2.23. The quantitative estimate of drug-likeness (QED) is 0.556. The Morgan fingerprint density at radius 3 is 1.59 bits per heavy atom. The third kappa shape index (κ3) is 4.61. The zero-order chi connectivity index (χ0) is 12.5.